The van der Waals surface area contributed by atoms with Gasteiger partial charge in [-0.05, 0) is 55.5 Å². The van der Waals surface area contributed by atoms with Gasteiger partial charge in [-0.1, -0.05) is 45.8 Å². The first-order valence-corrected chi connectivity index (χ1v) is 8.31. The third kappa shape index (κ3) is 4.03. The highest BCUT2D eigenvalue weighted by atomic mass is 79.9. The summed E-state index contributed by atoms with van der Waals surface area (Å²) in [6.45, 7) is 2.02. The Bertz CT molecular complexity index is 842. The van der Waals surface area contributed by atoms with E-state index in [-0.39, 0.29) is 5.91 Å². The van der Waals surface area contributed by atoms with Crippen LogP contribution in [-0.2, 0) is 0 Å². The molecule has 0 saturated heterocycles. The first-order valence-electron chi connectivity index (χ1n) is 7.52. The number of nitrogens with one attached hydrogen (secondary N) is 1. The molecular formula is C20H16BrNO2. The van der Waals surface area contributed by atoms with Crippen molar-refractivity contribution in [3.8, 4) is 11.5 Å². The van der Waals surface area contributed by atoms with Gasteiger partial charge in [0, 0.05) is 10.0 Å². The van der Waals surface area contributed by atoms with E-state index in [0.29, 0.717) is 17.0 Å². The number of ether oxygens (including phenoxy) is 1. The van der Waals surface area contributed by atoms with Crippen LogP contribution < -0.4 is 10.1 Å². The second-order valence-electron chi connectivity index (χ2n) is 5.37. The summed E-state index contributed by atoms with van der Waals surface area (Å²) in [5.41, 5.74) is 2.38. The van der Waals surface area contributed by atoms with E-state index < -0.39 is 0 Å². The van der Waals surface area contributed by atoms with Gasteiger partial charge in [0.2, 0.25) is 0 Å². The van der Waals surface area contributed by atoms with Gasteiger partial charge in [0.1, 0.15) is 5.75 Å². The largest absolute Gasteiger partial charge is 0.455 e. The fourth-order valence-electron chi connectivity index (χ4n) is 2.19. The second kappa shape index (κ2) is 7.32. The molecule has 24 heavy (non-hydrogen) atoms. The summed E-state index contributed by atoms with van der Waals surface area (Å²) in [4.78, 5) is 12.4. The summed E-state index contributed by atoms with van der Waals surface area (Å²) < 4.78 is 6.83. The first-order chi connectivity index (χ1) is 11.6. The third-order valence-corrected chi connectivity index (χ3v) is 4.02. The molecule has 3 aromatic rings. The number of hydrogen-bond acceptors (Lipinski definition) is 2. The monoisotopic (exact) mass is 381 g/mol. The molecule has 0 radical (unpaired) electrons. The lowest BCUT2D eigenvalue weighted by Gasteiger charge is -2.12. The maximum absolute atomic E-state index is 12.4. The fraction of sp³-hybridized carbons (Fsp3) is 0.0500. The maximum Gasteiger partial charge on any atom is 0.255 e. The van der Waals surface area contributed by atoms with Crippen LogP contribution in [0.3, 0.4) is 0 Å². The van der Waals surface area contributed by atoms with Gasteiger partial charge < -0.3 is 10.1 Å². The molecule has 0 bridgehead atoms. The van der Waals surface area contributed by atoms with Crippen LogP contribution in [0.15, 0.2) is 77.3 Å². The van der Waals surface area contributed by atoms with Gasteiger partial charge in [0.05, 0.1) is 5.69 Å². The zero-order valence-corrected chi connectivity index (χ0v) is 14.7. The molecule has 0 atom stereocenters. The Morgan fingerprint density at radius 2 is 1.58 bits per heavy atom. The number of amides is 1. The summed E-state index contributed by atoms with van der Waals surface area (Å²) in [7, 11) is 0. The predicted molar refractivity (Wildman–Crippen MR) is 99.8 cm³/mol. The molecule has 0 aliphatic heterocycles. The van der Waals surface area contributed by atoms with Crippen LogP contribution in [-0.4, -0.2) is 5.91 Å². The molecule has 0 saturated carbocycles. The van der Waals surface area contributed by atoms with E-state index in [1.807, 2.05) is 67.6 Å². The van der Waals surface area contributed by atoms with Crippen molar-refractivity contribution in [1.82, 2.24) is 0 Å². The molecule has 1 N–H and O–H groups in total. The van der Waals surface area contributed by atoms with Gasteiger partial charge in [-0.25, -0.2) is 0 Å². The van der Waals surface area contributed by atoms with E-state index in [1.54, 1.807) is 12.1 Å². The molecule has 0 aromatic heterocycles. The van der Waals surface area contributed by atoms with E-state index in [0.717, 1.165) is 10.2 Å². The van der Waals surface area contributed by atoms with Gasteiger partial charge in [-0.15, -0.1) is 0 Å². The first kappa shape index (κ1) is 16.3. The molecule has 3 rings (SSSR count). The Labute approximate surface area is 149 Å². The highest BCUT2D eigenvalue weighted by molar-refractivity contribution is 9.10. The Morgan fingerprint density at radius 3 is 2.29 bits per heavy atom. The lowest BCUT2D eigenvalue weighted by molar-refractivity contribution is 0.102. The van der Waals surface area contributed by atoms with Crippen molar-refractivity contribution in [2.45, 2.75) is 6.92 Å². The van der Waals surface area contributed by atoms with Crippen molar-refractivity contribution in [3.05, 3.63) is 88.4 Å². The van der Waals surface area contributed by atoms with Crippen molar-refractivity contribution in [2.75, 3.05) is 5.32 Å². The van der Waals surface area contributed by atoms with Gasteiger partial charge in [-0.3, -0.25) is 4.79 Å². The average Bonchev–Trinajstić information content (AvgIpc) is 2.59. The fourth-order valence-corrected chi connectivity index (χ4v) is 2.45. The summed E-state index contributed by atoms with van der Waals surface area (Å²) in [5.74, 6) is 1.15. The topological polar surface area (TPSA) is 38.3 Å². The van der Waals surface area contributed by atoms with Crippen molar-refractivity contribution in [1.29, 1.82) is 0 Å². The lowest BCUT2D eigenvalue weighted by Crippen LogP contribution is -2.12. The number of rotatable bonds is 4. The van der Waals surface area contributed by atoms with Crippen LogP contribution in [0.2, 0.25) is 0 Å². The molecule has 0 aliphatic rings. The van der Waals surface area contributed by atoms with Crippen LogP contribution in [0.25, 0.3) is 0 Å². The molecule has 3 nitrogen and oxygen atoms in total. The number of benzene rings is 3. The number of hydrogen-bond donors (Lipinski definition) is 1. The highest BCUT2D eigenvalue weighted by Gasteiger charge is 2.10. The zero-order chi connectivity index (χ0) is 16.9. The van der Waals surface area contributed by atoms with E-state index in [1.165, 1.54) is 5.56 Å². The van der Waals surface area contributed by atoms with Gasteiger partial charge in [0.15, 0.2) is 5.75 Å². The van der Waals surface area contributed by atoms with Crippen LogP contribution in [0.5, 0.6) is 11.5 Å². The third-order valence-electron chi connectivity index (χ3n) is 3.49. The highest BCUT2D eigenvalue weighted by Crippen LogP contribution is 2.29. The van der Waals surface area contributed by atoms with Crippen molar-refractivity contribution < 1.29 is 9.53 Å². The van der Waals surface area contributed by atoms with Crippen LogP contribution in [0.4, 0.5) is 5.69 Å². The number of halogens is 1. The van der Waals surface area contributed by atoms with E-state index in [4.69, 9.17) is 4.74 Å². The molecule has 4 heteroatoms. The molecule has 0 heterocycles. The summed E-state index contributed by atoms with van der Waals surface area (Å²) in [5, 5.41) is 2.90. The molecule has 0 aliphatic carbocycles. The molecule has 0 unspecified atom stereocenters. The SMILES string of the molecule is Cc1ccc(Oc2ccccc2NC(=O)c2ccc(Br)cc2)cc1. The van der Waals surface area contributed by atoms with Gasteiger partial charge in [-0.2, -0.15) is 0 Å². The second-order valence-corrected chi connectivity index (χ2v) is 6.29. The molecular weight excluding hydrogens is 366 g/mol. The van der Waals surface area contributed by atoms with Crippen molar-refractivity contribution in [3.63, 3.8) is 0 Å². The molecule has 1 amide bonds. The number of anilines is 1. The Balaban J connectivity index is 1.79. The minimum Gasteiger partial charge on any atom is -0.455 e. The Hall–Kier alpha value is -2.59. The summed E-state index contributed by atoms with van der Waals surface area (Å²) in [6.07, 6.45) is 0. The smallest absolute Gasteiger partial charge is 0.255 e. The zero-order valence-electron chi connectivity index (χ0n) is 13.1. The minimum absolute atomic E-state index is 0.178. The minimum atomic E-state index is -0.178. The standard InChI is InChI=1S/C20H16BrNO2/c1-14-6-12-17(13-7-14)24-19-5-3-2-4-18(19)22-20(23)15-8-10-16(21)11-9-15/h2-13H,1H3,(H,22,23). The maximum atomic E-state index is 12.4. The van der Waals surface area contributed by atoms with Crippen molar-refractivity contribution >= 4 is 27.5 Å². The predicted octanol–water partition coefficient (Wildman–Crippen LogP) is 5.80. The molecule has 0 fully saturated rings. The number of para-hydroxylation sites is 2. The van der Waals surface area contributed by atoms with Crippen LogP contribution >= 0.6 is 15.9 Å². The Morgan fingerprint density at radius 1 is 0.917 bits per heavy atom. The average molecular weight is 382 g/mol. The molecule has 3 aromatic carbocycles. The number of aryl methyl sites for hydroxylation is 1. The summed E-state index contributed by atoms with van der Waals surface area (Å²) >= 11 is 3.36. The van der Waals surface area contributed by atoms with Crippen LogP contribution in [0.1, 0.15) is 15.9 Å². The molecule has 120 valence electrons. The quantitative estimate of drug-likeness (QED) is 0.619. The normalized spacial score (nSPS) is 10.2. The van der Waals surface area contributed by atoms with Crippen molar-refractivity contribution in [2.24, 2.45) is 0 Å². The van der Waals surface area contributed by atoms with Crippen LogP contribution in [0, 0.1) is 6.92 Å². The van der Waals surface area contributed by atoms with E-state index in [9.17, 15) is 4.79 Å². The van der Waals surface area contributed by atoms with E-state index >= 15 is 0 Å². The Kier molecular flexibility index (Phi) is 4.96. The lowest BCUT2D eigenvalue weighted by atomic mass is 10.2. The number of carbonyl (C=O) groups excluding carboxylic acids is 1. The number of carbonyl (C=O) groups is 1. The molecule has 0 spiro atoms. The van der Waals surface area contributed by atoms with E-state index in [2.05, 4.69) is 21.2 Å². The summed E-state index contributed by atoms with van der Waals surface area (Å²) in [6, 6.07) is 22.4. The van der Waals surface area contributed by atoms with Gasteiger partial charge >= 0.3 is 0 Å². The van der Waals surface area contributed by atoms with Gasteiger partial charge in [0.25, 0.3) is 5.91 Å².